The van der Waals surface area contributed by atoms with Crippen LogP contribution in [0.5, 0.6) is 0 Å². The molecule has 6 nitrogen and oxygen atoms in total. The van der Waals surface area contributed by atoms with Gasteiger partial charge < -0.3 is 16.4 Å². The molecule has 1 fully saturated rings. The van der Waals surface area contributed by atoms with E-state index in [2.05, 4.69) is 15.6 Å². The molecule has 1 aliphatic rings. The lowest BCUT2D eigenvalue weighted by Gasteiger charge is -2.37. The van der Waals surface area contributed by atoms with Gasteiger partial charge in [0.05, 0.1) is 5.92 Å². The Kier molecular flexibility index (Phi) is 5.56. The zero-order valence-corrected chi connectivity index (χ0v) is 15.8. The van der Waals surface area contributed by atoms with Crippen molar-refractivity contribution in [1.82, 2.24) is 4.98 Å². The first-order valence-electron chi connectivity index (χ1n) is 9.28. The van der Waals surface area contributed by atoms with Crippen LogP contribution >= 0.6 is 0 Å². The van der Waals surface area contributed by atoms with Gasteiger partial charge in [0.25, 0.3) is 5.91 Å². The third-order valence-corrected chi connectivity index (χ3v) is 5.27. The fourth-order valence-corrected chi connectivity index (χ4v) is 3.55. The monoisotopic (exact) mass is 366 g/mol. The van der Waals surface area contributed by atoms with Crippen LogP contribution in [0.3, 0.4) is 0 Å². The number of nitrogens with two attached hydrogens (primary N) is 1. The molecule has 0 radical (unpaired) electrons. The highest BCUT2D eigenvalue weighted by Gasteiger charge is 2.37. The lowest BCUT2D eigenvalue weighted by atomic mass is 9.74. The first kappa shape index (κ1) is 19.0. The number of hydrogen-bond acceptors (Lipinski definition) is 4. The molecule has 1 heterocycles. The molecule has 1 saturated carbocycles. The molecule has 2 amide bonds. The van der Waals surface area contributed by atoms with E-state index in [9.17, 15) is 9.59 Å². The number of nitrogens with zero attached hydrogens (tertiary/aromatic N) is 1. The zero-order valence-electron chi connectivity index (χ0n) is 15.8. The molecule has 2 aromatic rings. The molecule has 0 saturated heterocycles. The van der Waals surface area contributed by atoms with Crippen LogP contribution in [-0.2, 0) is 4.79 Å². The smallest absolute Gasteiger partial charge is 0.255 e. The van der Waals surface area contributed by atoms with E-state index in [4.69, 9.17) is 5.73 Å². The van der Waals surface area contributed by atoms with Crippen molar-refractivity contribution in [3.63, 3.8) is 0 Å². The van der Waals surface area contributed by atoms with Crippen LogP contribution in [0.1, 0.15) is 48.5 Å². The largest absolute Gasteiger partial charge is 0.326 e. The quantitative estimate of drug-likeness (QED) is 0.771. The third kappa shape index (κ3) is 4.52. The highest BCUT2D eigenvalue weighted by molar-refractivity contribution is 6.05. The van der Waals surface area contributed by atoms with E-state index in [0.29, 0.717) is 16.9 Å². The van der Waals surface area contributed by atoms with Crippen molar-refractivity contribution < 1.29 is 9.59 Å². The summed E-state index contributed by atoms with van der Waals surface area (Å²) < 4.78 is 0. The zero-order chi connectivity index (χ0) is 19.4. The number of aryl methyl sites for hydroxylation is 1. The Balaban J connectivity index is 1.73. The van der Waals surface area contributed by atoms with Crippen molar-refractivity contribution in [2.75, 3.05) is 10.6 Å². The second kappa shape index (κ2) is 7.88. The summed E-state index contributed by atoms with van der Waals surface area (Å²) in [6.07, 6.45) is 6.89. The number of hydrogen-bond donors (Lipinski definition) is 3. The number of anilines is 2. The van der Waals surface area contributed by atoms with Gasteiger partial charge >= 0.3 is 0 Å². The number of benzene rings is 1. The van der Waals surface area contributed by atoms with Gasteiger partial charge in [-0.1, -0.05) is 18.9 Å². The molecule has 142 valence electrons. The maximum atomic E-state index is 12.7. The summed E-state index contributed by atoms with van der Waals surface area (Å²) in [7, 11) is 0. The molecule has 1 aromatic heterocycles. The summed E-state index contributed by atoms with van der Waals surface area (Å²) in [4.78, 5) is 29.0. The fraction of sp³-hybridized carbons (Fsp3) is 0.381. The molecule has 3 rings (SSSR count). The van der Waals surface area contributed by atoms with Gasteiger partial charge in [0, 0.05) is 34.9 Å². The minimum absolute atomic E-state index is 0.0602. The SMILES string of the molecule is Cc1ccc(NC(=O)C2CCCCC2(C)N)cc1NC(=O)c1ccncc1. The van der Waals surface area contributed by atoms with Gasteiger partial charge in [-0.25, -0.2) is 0 Å². The van der Waals surface area contributed by atoms with Gasteiger partial charge in [0.15, 0.2) is 0 Å². The Bertz CT molecular complexity index is 833. The van der Waals surface area contributed by atoms with Crippen molar-refractivity contribution in [2.45, 2.75) is 45.1 Å². The Morgan fingerprint density at radius 1 is 1.15 bits per heavy atom. The maximum absolute atomic E-state index is 12.7. The molecule has 2 unspecified atom stereocenters. The summed E-state index contributed by atoms with van der Waals surface area (Å²) >= 11 is 0. The number of aromatic nitrogens is 1. The number of nitrogens with one attached hydrogen (secondary N) is 2. The first-order valence-corrected chi connectivity index (χ1v) is 9.28. The Hall–Kier alpha value is -2.73. The van der Waals surface area contributed by atoms with Crippen LogP contribution in [0.15, 0.2) is 42.7 Å². The molecule has 27 heavy (non-hydrogen) atoms. The number of carbonyl (C=O) groups is 2. The predicted molar refractivity (Wildman–Crippen MR) is 107 cm³/mol. The summed E-state index contributed by atoms with van der Waals surface area (Å²) in [5.41, 5.74) is 8.61. The van der Waals surface area contributed by atoms with Crippen molar-refractivity contribution >= 4 is 23.2 Å². The Morgan fingerprint density at radius 3 is 2.59 bits per heavy atom. The van der Waals surface area contributed by atoms with E-state index >= 15 is 0 Å². The summed E-state index contributed by atoms with van der Waals surface area (Å²) in [5.74, 6) is -0.483. The van der Waals surface area contributed by atoms with E-state index in [-0.39, 0.29) is 17.7 Å². The molecule has 0 bridgehead atoms. The fourth-order valence-electron chi connectivity index (χ4n) is 3.55. The van der Waals surface area contributed by atoms with Gasteiger partial charge in [-0.05, 0) is 56.5 Å². The van der Waals surface area contributed by atoms with Crippen LogP contribution in [-0.4, -0.2) is 22.3 Å². The average Bonchev–Trinajstić information content (AvgIpc) is 2.64. The third-order valence-electron chi connectivity index (χ3n) is 5.27. The van der Waals surface area contributed by atoms with E-state index < -0.39 is 5.54 Å². The van der Waals surface area contributed by atoms with Crippen molar-refractivity contribution in [2.24, 2.45) is 11.7 Å². The van der Waals surface area contributed by atoms with Crippen LogP contribution in [0.2, 0.25) is 0 Å². The summed E-state index contributed by atoms with van der Waals surface area (Å²) in [6.45, 7) is 3.86. The average molecular weight is 366 g/mol. The van der Waals surface area contributed by atoms with Crippen molar-refractivity contribution in [3.8, 4) is 0 Å². The van der Waals surface area contributed by atoms with Crippen molar-refractivity contribution in [3.05, 3.63) is 53.9 Å². The van der Waals surface area contributed by atoms with E-state index in [1.807, 2.05) is 26.0 Å². The molecule has 1 aromatic carbocycles. The van der Waals surface area contributed by atoms with E-state index in [0.717, 1.165) is 31.2 Å². The van der Waals surface area contributed by atoms with E-state index in [1.54, 1.807) is 30.6 Å². The van der Waals surface area contributed by atoms with E-state index in [1.165, 1.54) is 0 Å². The number of pyridine rings is 1. The van der Waals surface area contributed by atoms with Crippen LogP contribution < -0.4 is 16.4 Å². The molecule has 0 spiro atoms. The van der Waals surface area contributed by atoms with Crippen LogP contribution in [0, 0.1) is 12.8 Å². The lowest BCUT2D eigenvalue weighted by molar-refractivity contribution is -0.122. The van der Waals surface area contributed by atoms with Gasteiger partial charge in [-0.3, -0.25) is 14.6 Å². The Labute approximate surface area is 159 Å². The molecule has 0 aliphatic heterocycles. The molecule has 2 atom stereocenters. The highest BCUT2D eigenvalue weighted by atomic mass is 16.2. The molecular formula is C21H26N4O2. The molecule has 6 heteroatoms. The number of rotatable bonds is 4. The van der Waals surface area contributed by atoms with Gasteiger partial charge in [0.2, 0.25) is 5.91 Å². The minimum atomic E-state index is -0.481. The summed E-state index contributed by atoms with van der Waals surface area (Å²) in [5, 5.41) is 5.86. The van der Waals surface area contributed by atoms with Crippen molar-refractivity contribution in [1.29, 1.82) is 0 Å². The topological polar surface area (TPSA) is 97.1 Å². The highest BCUT2D eigenvalue weighted by Crippen LogP contribution is 2.32. The standard InChI is InChI=1S/C21H26N4O2/c1-14-6-7-16(24-20(27)17-5-3-4-10-21(17,2)22)13-18(14)25-19(26)15-8-11-23-12-9-15/h6-9,11-13,17H,3-5,10,22H2,1-2H3,(H,24,27)(H,25,26). The predicted octanol–water partition coefficient (Wildman–Crippen LogP) is 3.49. The van der Waals surface area contributed by atoms with Gasteiger partial charge in [0.1, 0.15) is 0 Å². The lowest BCUT2D eigenvalue weighted by Crippen LogP contribution is -2.51. The summed E-state index contributed by atoms with van der Waals surface area (Å²) in [6, 6.07) is 8.80. The number of carbonyl (C=O) groups excluding carboxylic acids is 2. The van der Waals surface area contributed by atoms with Crippen LogP contribution in [0.25, 0.3) is 0 Å². The van der Waals surface area contributed by atoms with Crippen LogP contribution in [0.4, 0.5) is 11.4 Å². The normalized spacial score (nSPS) is 22.1. The second-order valence-electron chi connectivity index (χ2n) is 7.51. The van der Waals surface area contributed by atoms with Gasteiger partial charge in [-0.15, -0.1) is 0 Å². The second-order valence-corrected chi connectivity index (χ2v) is 7.51. The molecule has 4 N–H and O–H groups in total. The maximum Gasteiger partial charge on any atom is 0.255 e. The Morgan fingerprint density at radius 2 is 1.89 bits per heavy atom. The first-order chi connectivity index (χ1) is 12.9. The van der Waals surface area contributed by atoms with Gasteiger partial charge in [-0.2, -0.15) is 0 Å². The number of amides is 2. The molecular weight excluding hydrogens is 340 g/mol. The molecule has 1 aliphatic carbocycles. The minimum Gasteiger partial charge on any atom is -0.326 e.